The molecule has 0 saturated carbocycles. The molecule has 2 heterocycles. The number of hydrogen-bond donors (Lipinski definition) is 0. The van der Waals surface area contributed by atoms with Crippen molar-refractivity contribution in [2.75, 3.05) is 18.0 Å². The second kappa shape index (κ2) is 8.69. The molecule has 36 heavy (non-hydrogen) atoms. The number of esters is 1. The third-order valence-electron chi connectivity index (χ3n) is 8.53. The summed E-state index contributed by atoms with van der Waals surface area (Å²) in [5.41, 5.74) is 6.37. The average molecular weight is 482 g/mol. The number of carbonyl (C=O) groups is 1. The van der Waals surface area contributed by atoms with Gasteiger partial charge < -0.3 is 14.4 Å². The molecule has 1 spiro atoms. The number of unbranched alkanes of at least 4 members (excludes halogenated alkanes) is 2. The van der Waals surface area contributed by atoms with E-state index in [-0.39, 0.29) is 5.97 Å². The lowest BCUT2D eigenvalue weighted by Gasteiger charge is -2.42. The Hall–Kier alpha value is -3.27. The van der Waals surface area contributed by atoms with E-state index in [2.05, 4.69) is 38.7 Å². The van der Waals surface area contributed by atoms with Crippen LogP contribution in [0.2, 0.25) is 0 Å². The fourth-order valence-electron chi connectivity index (χ4n) is 6.47. The fraction of sp³-hybridized carbons (Fsp3) is 0.406. The highest BCUT2D eigenvalue weighted by Gasteiger charge is 2.56. The smallest absolute Gasteiger partial charge is 0.340 e. The van der Waals surface area contributed by atoms with Crippen molar-refractivity contribution in [3.63, 3.8) is 0 Å². The standard InChI is InChI=1S/C32H35NO3/c1-5-7-17-33(18-8-6-2)25-19-24-30(29-21(4)20(3)28(25)29)31(34)36-32(24)22-13-9-11-15-26(22)35-27-16-12-10-14-23(27)32/h9-16,19-21H,5-8,17-18H2,1-4H3. The first kappa shape index (κ1) is 23.1. The lowest BCUT2D eigenvalue weighted by atomic mass is 9.64. The molecule has 2 atom stereocenters. The van der Waals surface area contributed by atoms with Crippen molar-refractivity contribution in [2.24, 2.45) is 0 Å². The number of carbonyl (C=O) groups excluding carboxylic acids is 1. The minimum atomic E-state index is -0.999. The summed E-state index contributed by atoms with van der Waals surface area (Å²) in [6, 6.07) is 18.3. The molecular weight excluding hydrogens is 446 g/mol. The van der Waals surface area contributed by atoms with E-state index in [0.29, 0.717) is 11.8 Å². The maximum absolute atomic E-state index is 13.8. The molecule has 2 aliphatic heterocycles. The maximum Gasteiger partial charge on any atom is 0.340 e. The maximum atomic E-state index is 13.8. The van der Waals surface area contributed by atoms with Gasteiger partial charge in [0, 0.05) is 35.5 Å². The van der Waals surface area contributed by atoms with Crippen LogP contribution < -0.4 is 9.64 Å². The first-order valence-electron chi connectivity index (χ1n) is 13.6. The van der Waals surface area contributed by atoms with Crippen molar-refractivity contribution in [3.05, 3.63) is 88.0 Å². The Morgan fingerprint density at radius 2 is 1.36 bits per heavy atom. The van der Waals surface area contributed by atoms with Crippen molar-refractivity contribution < 1.29 is 14.3 Å². The first-order valence-corrected chi connectivity index (χ1v) is 13.6. The number of ether oxygens (including phenoxy) is 2. The van der Waals surface area contributed by atoms with Crippen molar-refractivity contribution in [1.29, 1.82) is 0 Å². The van der Waals surface area contributed by atoms with Gasteiger partial charge in [-0.1, -0.05) is 76.9 Å². The lowest BCUT2D eigenvalue weighted by molar-refractivity contribution is 0.0223. The van der Waals surface area contributed by atoms with Gasteiger partial charge in [0.15, 0.2) is 5.60 Å². The molecule has 0 saturated heterocycles. The molecule has 186 valence electrons. The summed E-state index contributed by atoms with van der Waals surface area (Å²) in [5.74, 6) is 2.02. The molecule has 3 aliphatic rings. The van der Waals surface area contributed by atoms with Gasteiger partial charge in [-0.05, 0) is 54.0 Å². The van der Waals surface area contributed by atoms with Crippen LogP contribution >= 0.6 is 0 Å². The van der Waals surface area contributed by atoms with Crippen LogP contribution in [0, 0.1) is 0 Å². The predicted octanol–water partition coefficient (Wildman–Crippen LogP) is 7.88. The highest BCUT2D eigenvalue weighted by atomic mass is 16.6. The monoisotopic (exact) mass is 481 g/mol. The molecule has 3 aromatic carbocycles. The molecule has 6 rings (SSSR count). The zero-order chi connectivity index (χ0) is 25.0. The quantitative estimate of drug-likeness (QED) is 0.322. The van der Waals surface area contributed by atoms with Gasteiger partial charge >= 0.3 is 5.97 Å². The summed E-state index contributed by atoms with van der Waals surface area (Å²) in [6.07, 6.45) is 4.62. The number of anilines is 1. The van der Waals surface area contributed by atoms with Crippen LogP contribution in [-0.4, -0.2) is 19.1 Å². The SMILES string of the molecule is CCCCN(CCCC)c1cc2c(c3c1C(C)C3C)C(=O)OC21c2ccccc2Oc2ccccc21. The van der Waals surface area contributed by atoms with E-state index in [1.165, 1.54) is 16.8 Å². The number of fused-ring (bicyclic) bond motifs is 8. The summed E-state index contributed by atoms with van der Waals surface area (Å²) in [6.45, 7) is 11.1. The van der Waals surface area contributed by atoms with Crippen LogP contribution in [0.4, 0.5) is 5.69 Å². The third-order valence-corrected chi connectivity index (χ3v) is 8.53. The summed E-state index contributed by atoms with van der Waals surface area (Å²) >= 11 is 0. The van der Waals surface area contributed by atoms with E-state index in [9.17, 15) is 4.79 Å². The van der Waals surface area contributed by atoms with Crippen molar-refractivity contribution in [1.82, 2.24) is 0 Å². The van der Waals surface area contributed by atoms with Crippen LogP contribution in [-0.2, 0) is 10.3 Å². The summed E-state index contributed by atoms with van der Waals surface area (Å²) in [4.78, 5) is 16.3. The molecule has 4 heteroatoms. The molecule has 4 nitrogen and oxygen atoms in total. The molecular formula is C32H35NO3. The van der Waals surface area contributed by atoms with Crippen LogP contribution in [0.5, 0.6) is 11.5 Å². The number of hydrogen-bond acceptors (Lipinski definition) is 4. The minimum absolute atomic E-state index is 0.216. The Kier molecular flexibility index (Phi) is 5.59. The van der Waals surface area contributed by atoms with E-state index < -0.39 is 5.60 Å². The Morgan fingerprint density at radius 3 is 1.94 bits per heavy atom. The highest BCUT2D eigenvalue weighted by Crippen LogP contribution is 2.61. The highest BCUT2D eigenvalue weighted by molar-refractivity contribution is 6.01. The second-order valence-corrected chi connectivity index (χ2v) is 10.6. The molecule has 2 unspecified atom stereocenters. The predicted molar refractivity (Wildman–Crippen MR) is 144 cm³/mol. The molecule has 3 aromatic rings. The van der Waals surface area contributed by atoms with Crippen LogP contribution in [0.1, 0.15) is 103 Å². The van der Waals surface area contributed by atoms with Crippen molar-refractivity contribution in [2.45, 2.75) is 70.8 Å². The zero-order valence-electron chi connectivity index (χ0n) is 21.8. The third kappa shape index (κ3) is 3.09. The Bertz CT molecular complexity index is 1290. The molecule has 0 amide bonds. The topological polar surface area (TPSA) is 38.8 Å². The van der Waals surface area contributed by atoms with E-state index in [4.69, 9.17) is 9.47 Å². The van der Waals surface area contributed by atoms with E-state index in [0.717, 1.165) is 72.5 Å². The molecule has 1 aliphatic carbocycles. The molecule has 0 radical (unpaired) electrons. The number of rotatable bonds is 7. The van der Waals surface area contributed by atoms with Gasteiger partial charge in [0.25, 0.3) is 0 Å². The molecule has 0 bridgehead atoms. The Balaban J connectivity index is 1.64. The number of benzene rings is 3. The number of para-hydroxylation sites is 2. The van der Waals surface area contributed by atoms with Crippen LogP contribution in [0.3, 0.4) is 0 Å². The van der Waals surface area contributed by atoms with E-state index in [1.54, 1.807) is 0 Å². The molecule has 0 aromatic heterocycles. The first-order chi connectivity index (χ1) is 17.5. The van der Waals surface area contributed by atoms with E-state index >= 15 is 0 Å². The summed E-state index contributed by atoms with van der Waals surface area (Å²) < 4.78 is 12.8. The van der Waals surface area contributed by atoms with Gasteiger partial charge in [0.2, 0.25) is 0 Å². The zero-order valence-corrected chi connectivity index (χ0v) is 21.8. The van der Waals surface area contributed by atoms with Gasteiger partial charge in [0.1, 0.15) is 11.5 Å². The summed E-state index contributed by atoms with van der Waals surface area (Å²) in [7, 11) is 0. The second-order valence-electron chi connectivity index (χ2n) is 10.6. The van der Waals surface area contributed by atoms with Gasteiger partial charge in [-0.2, -0.15) is 0 Å². The van der Waals surface area contributed by atoms with Crippen molar-refractivity contribution in [3.8, 4) is 11.5 Å². The molecule has 0 fully saturated rings. The Labute approximate surface area is 214 Å². The average Bonchev–Trinajstić information content (AvgIpc) is 3.19. The summed E-state index contributed by atoms with van der Waals surface area (Å²) in [5, 5.41) is 0. The molecule has 0 N–H and O–H groups in total. The van der Waals surface area contributed by atoms with Gasteiger partial charge in [-0.3, -0.25) is 0 Å². The van der Waals surface area contributed by atoms with Crippen molar-refractivity contribution >= 4 is 11.7 Å². The normalized spacial score (nSPS) is 19.9. The van der Waals surface area contributed by atoms with E-state index in [1.807, 2.05) is 48.5 Å². The minimum Gasteiger partial charge on any atom is -0.456 e. The fourth-order valence-corrected chi connectivity index (χ4v) is 6.47. The van der Waals surface area contributed by atoms with Gasteiger partial charge in [-0.25, -0.2) is 4.79 Å². The van der Waals surface area contributed by atoms with Crippen LogP contribution in [0.15, 0.2) is 54.6 Å². The number of nitrogens with zero attached hydrogens (tertiary/aromatic N) is 1. The van der Waals surface area contributed by atoms with Gasteiger partial charge in [0.05, 0.1) is 5.56 Å². The van der Waals surface area contributed by atoms with Crippen LogP contribution in [0.25, 0.3) is 0 Å². The largest absolute Gasteiger partial charge is 0.456 e. The van der Waals surface area contributed by atoms with Gasteiger partial charge in [-0.15, -0.1) is 0 Å². The lowest BCUT2D eigenvalue weighted by Crippen LogP contribution is -2.35. The Morgan fingerprint density at radius 1 is 0.806 bits per heavy atom.